The van der Waals surface area contributed by atoms with Crippen molar-refractivity contribution in [2.24, 2.45) is 5.92 Å². The lowest BCUT2D eigenvalue weighted by Gasteiger charge is -2.29. The first kappa shape index (κ1) is 23.4. The standard InChI is InChI=1S/C26H29FN6OS/c1-17-14-21-22(29-17)6-7-23(25(21)27)31-24-8-11-28-26(32-24)30-19-4-3-5-20(15-19)34-16-18-9-12-33(35-2)13-10-18/h3-8,11,14-15,18,29H,9-10,12-13,16H2,1-2H3,(H2,28,30,31,32). The van der Waals surface area contributed by atoms with Crippen molar-refractivity contribution in [3.8, 4) is 5.75 Å². The van der Waals surface area contributed by atoms with E-state index in [2.05, 4.69) is 36.1 Å². The van der Waals surface area contributed by atoms with Gasteiger partial charge in [-0.2, -0.15) is 4.98 Å². The molecule has 2 aromatic heterocycles. The van der Waals surface area contributed by atoms with Crippen LogP contribution in [0.4, 0.5) is 27.5 Å². The van der Waals surface area contributed by atoms with E-state index >= 15 is 0 Å². The van der Waals surface area contributed by atoms with Crippen LogP contribution in [0, 0.1) is 18.7 Å². The number of aromatic nitrogens is 3. The van der Waals surface area contributed by atoms with Gasteiger partial charge in [-0.15, -0.1) is 0 Å². The van der Waals surface area contributed by atoms with Gasteiger partial charge in [-0.1, -0.05) is 18.0 Å². The molecular weight excluding hydrogens is 463 g/mol. The minimum absolute atomic E-state index is 0.316. The minimum Gasteiger partial charge on any atom is -0.493 e. The normalized spacial score (nSPS) is 14.8. The molecule has 4 aromatic rings. The largest absolute Gasteiger partial charge is 0.493 e. The van der Waals surface area contributed by atoms with Gasteiger partial charge in [0, 0.05) is 47.6 Å². The average molecular weight is 493 g/mol. The number of anilines is 4. The van der Waals surface area contributed by atoms with Crippen LogP contribution in [-0.2, 0) is 0 Å². The van der Waals surface area contributed by atoms with Crippen molar-refractivity contribution >= 4 is 46.0 Å². The number of hydrogen-bond acceptors (Lipinski definition) is 7. The first-order valence-corrected chi connectivity index (χ1v) is 12.9. The van der Waals surface area contributed by atoms with Crippen LogP contribution in [0.3, 0.4) is 0 Å². The highest BCUT2D eigenvalue weighted by Crippen LogP contribution is 2.28. The lowest BCUT2D eigenvalue weighted by Crippen LogP contribution is -2.30. The van der Waals surface area contributed by atoms with Gasteiger partial charge in [0.1, 0.15) is 11.6 Å². The number of benzene rings is 2. The van der Waals surface area contributed by atoms with E-state index in [4.69, 9.17) is 4.74 Å². The minimum atomic E-state index is -0.316. The van der Waals surface area contributed by atoms with Gasteiger partial charge in [0.25, 0.3) is 0 Å². The SMILES string of the molecule is CSN1CCC(COc2cccc(Nc3nccc(Nc4ccc5[nH]c(C)cc5c4F)n3)c2)CC1. The molecule has 0 atom stereocenters. The Balaban J connectivity index is 1.22. The number of H-pyrrole nitrogens is 1. The van der Waals surface area contributed by atoms with Crippen LogP contribution in [0.25, 0.3) is 10.9 Å². The quantitative estimate of drug-likeness (QED) is 0.251. The maximum Gasteiger partial charge on any atom is 0.229 e. The Morgan fingerprint density at radius 1 is 1.14 bits per heavy atom. The number of rotatable bonds is 8. The molecule has 0 unspecified atom stereocenters. The van der Waals surface area contributed by atoms with E-state index < -0.39 is 0 Å². The second-order valence-corrected chi connectivity index (χ2v) is 9.63. The molecule has 0 radical (unpaired) electrons. The Bertz CT molecular complexity index is 1300. The van der Waals surface area contributed by atoms with Gasteiger partial charge in [0.15, 0.2) is 5.82 Å². The maximum absolute atomic E-state index is 14.9. The highest BCUT2D eigenvalue weighted by molar-refractivity contribution is 7.96. The van der Waals surface area contributed by atoms with Gasteiger partial charge in [-0.25, -0.2) is 9.37 Å². The van der Waals surface area contributed by atoms with Crippen LogP contribution in [0.1, 0.15) is 18.5 Å². The Hall–Kier alpha value is -3.30. The zero-order valence-corrected chi connectivity index (χ0v) is 20.7. The summed E-state index contributed by atoms with van der Waals surface area (Å²) in [5.41, 5.74) is 2.87. The molecule has 0 aliphatic carbocycles. The molecule has 3 N–H and O–H groups in total. The second-order valence-electron chi connectivity index (χ2n) is 8.75. The Labute approximate surface area is 208 Å². The molecule has 0 spiro atoms. The van der Waals surface area contributed by atoms with Crippen molar-refractivity contribution in [2.45, 2.75) is 19.8 Å². The predicted octanol–water partition coefficient (Wildman–Crippen LogP) is 6.26. The van der Waals surface area contributed by atoms with E-state index in [0.29, 0.717) is 28.8 Å². The van der Waals surface area contributed by atoms with Gasteiger partial charge in [-0.05, 0) is 68.3 Å². The lowest BCUT2D eigenvalue weighted by atomic mass is 9.99. The lowest BCUT2D eigenvalue weighted by molar-refractivity contribution is 0.191. The summed E-state index contributed by atoms with van der Waals surface area (Å²) in [6, 6.07) is 14.9. The molecule has 1 aliphatic heterocycles. The molecular formula is C26H29FN6OS. The van der Waals surface area contributed by atoms with Crippen molar-refractivity contribution in [1.29, 1.82) is 0 Å². The summed E-state index contributed by atoms with van der Waals surface area (Å²) >= 11 is 1.82. The predicted molar refractivity (Wildman–Crippen MR) is 141 cm³/mol. The van der Waals surface area contributed by atoms with Gasteiger partial charge in [0.2, 0.25) is 5.95 Å². The zero-order valence-electron chi connectivity index (χ0n) is 19.8. The molecule has 3 heterocycles. The van der Waals surface area contributed by atoms with Crippen molar-refractivity contribution in [3.05, 3.63) is 66.2 Å². The van der Waals surface area contributed by atoms with E-state index in [1.807, 2.05) is 49.2 Å². The molecule has 1 saturated heterocycles. The summed E-state index contributed by atoms with van der Waals surface area (Å²) in [5.74, 6) is 1.99. The molecule has 5 rings (SSSR count). The molecule has 0 bridgehead atoms. The van der Waals surface area contributed by atoms with E-state index in [0.717, 1.165) is 55.2 Å². The number of aromatic amines is 1. The number of fused-ring (bicyclic) bond motifs is 1. The Morgan fingerprint density at radius 2 is 2.00 bits per heavy atom. The number of aryl methyl sites for hydroxylation is 1. The highest BCUT2D eigenvalue weighted by atomic mass is 32.2. The van der Waals surface area contributed by atoms with E-state index in [9.17, 15) is 4.39 Å². The van der Waals surface area contributed by atoms with Crippen LogP contribution < -0.4 is 15.4 Å². The van der Waals surface area contributed by atoms with Crippen LogP contribution in [0.5, 0.6) is 5.75 Å². The average Bonchev–Trinajstić information content (AvgIpc) is 3.26. The first-order valence-electron chi connectivity index (χ1n) is 11.7. The van der Waals surface area contributed by atoms with Gasteiger partial charge >= 0.3 is 0 Å². The third-order valence-electron chi connectivity index (χ3n) is 6.20. The fourth-order valence-electron chi connectivity index (χ4n) is 4.30. The number of ether oxygens (including phenoxy) is 1. The monoisotopic (exact) mass is 492 g/mol. The number of hydrogen-bond donors (Lipinski definition) is 3. The van der Waals surface area contributed by atoms with E-state index in [1.165, 1.54) is 0 Å². The number of nitrogens with zero attached hydrogens (tertiary/aromatic N) is 3. The molecule has 0 saturated carbocycles. The summed E-state index contributed by atoms with van der Waals surface area (Å²) in [4.78, 5) is 12.0. The molecule has 1 fully saturated rings. The summed E-state index contributed by atoms with van der Waals surface area (Å²) in [6.07, 6.45) is 6.08. The van der Waals surface area contributed by atoms with Crippen molar-refractivity contribution in [1.82, 2.24) is 19.3 Å². The van der Waals surface area contributed by atoms with E-state index in [-0.39, 0.29) is 5.82 Å². The van der Waals surface area contributed by atoms with E-state index in [1.54, 1.807) is 24.4 Å². The number of halogens is 1. The third kappa shape index (κ3) is 5.68. The van der Waals surface area contributed by atoms with Crippen LogP contribution >= 0.6 is 11.9 Å². The first-order chi connectivity index (χ1) is 17.1. The molecule has 0 amide bonds. The molecule has 7 nitrogen and oxygen atoms in total. The van der Waals surface area contributed by atoms with Crippen LogP contribution in [-0.4, -0.2) is 45.2 Å². The summed E-state index contributed by atoms with van der Waals surface area (Å²) < 4.78 is 23.4. The second kappa shape index (κ2) is 10.5. The number of piperidine rings is 1. The van der Waals surface area contributed by atoms with Gasteiger partial charge < -0.3 is 20.4 Å². The molecule has 9 heteroatoms. The molecule has 182 valence electrons. The molecule has 35 heavy (non-hydrogen) atoms. The fraction of sp³-hybridized carbons (Fsp3) is 0.308. The Kier molecular flexibility index (Phi) is 7.06. The zero-order chi connectivity index (χ0) is 24.2. The van der Waals surface area contributed by atoms with Crippen LogP contribution in [0.2, 0.25) is 0 Å². The van der Waals surface area contributed by atoms with Crippen molar-refractivity contribution in [2.75, 3.05) is 36.6 Å². The smallest absolute Gasteiger partial charge is 0.229 e. The topological polar surface area (TPSA) is 78.1 Å². The maximum atomic E-state index is 14.9. The van der Waals surface area contributed by atoms with Crippen molar-refractivity contribution < 1.29 is 9.13 Å². The Morgan fingerprint density at radius 3 is 2.83 bits per heavy atom. The van der Waals surface area contributed by atoms with Crippen LogP contribution in [0.15, 0.2) is 54.7 Å². The highest BCUT2D eigenvalue weighted by Gasteiger charge is 2.19. The summed E-state index contributed by atoms with van der Waals surface area (Å²) in [7, 11) is 0. The fourth-order valence-corrected chi connectivity index (χ4v) is 4.87. The van der Waals surface area contributed by atoms with Gasteiger partial charge in [-0.3, -0.25) is 4.31 Å². The molecule has 2 aromatic carbocycles. The number of nitrogens with one attached hydrogen (secondary N) is 3. The third-order valence-corrected chi connectivity index (χ3v) is 7.08. The van der Waals surface area contributed by atoms with Crippen molar-refractivity contribution in [3.63, 3.8) is 0 Å². The summed E-state index contributed by atoms with van der Waals surface area (Å²) in [5, 5.41) is 6.83. The summed E-state index contributed by atoms with van der Waals surface area (Å²) in [6.45, 7) is 4.85. The van der Waals surface area contributed by atoms with Gasteiger partial charge in [0.05, 0.1) is 12.3 Å². The molecule has 1 aliphatic rings.